The lowest BCUT2D eigenvalue weighted by atomic mass is 9.92. The molecular formula is C18H25BrO3S. The fourth-order valence-electron chi connectivity index (χ4n) is 3.05. The van der Waals surface area contributed by atoms with E-state index in [0.717, 1.165) is 18.2 Å². The van der Waals surface area contributed by atoms with Gasteiger partial charge in [-0.05, 0) is 28.9 Å². The van der Waals surface area contributed by atoms with E-state index in [1.807, 2.05) is 6.26 Å². The first-order valence-electron chi connectivity index (χ1n) is 7.98. The first kappa shape index (κ1) is 18.8. The third-order valence-corrected chi connectivity index (χ3v) is 5.58. The van der Waals surface area contributed by atoms with Gasteiger partial charge in [-0.2, -0.15) is 0 Å². The van der Waals surface area contributed by atoms with E-state index in [1.54, 1.807) is 11.8 Å². The third kappa shape index (κ3) is 4.97. The molecule has 1 fully saturated rings. The van der Waals surface area contributed by atoms with Gasteiger partial charge < -0.3 is 9.47 Å². The van der Waals surface area contributed by atoms with Crippen molar-refractivity contribution in [2.75, 3.05) is 6.26 Å². The molecule has 0 N–H and O–H groups in total. The van der Waals surface area contributed by atoms with Crippen molar-refractivity contribution in [1.82, 2.24) is 0 Å². The van der Waals surface area contributed by atoms with E-state index in [2.05, 4.69) is 48.0 Å². The van der Waals surface area contributed by atoms with E-state index in [1.165, 1.54) is 23.6 Å². The highest BCUT2D eigenvalue weighted by atomic mass is 79.9. The maximum atomic E-state index is 11.3. The summed E-state index contributed by atoms with van der Waals surface area (Å²) in [5.41, 5.74) is 3.89. The average Bonchev–Trinajstić information content (AvgIpc) is 2.53. The lowest BCUT2D eigenvalue weighted by molar-refractivity contribution is -0.155. The number of benzene rings is 1. The molecule has 128 valence electrons. The predicted molar refractivity (Wildman–Crippen MR) is 99.1 cm³/mol. The summed E-state index contributed by atoms with van der Waals surface area (Å²) >= 11 is 5.26. The Morgan fingerprint density at radius 3 is 2.74 bits per heavy atom. The van der Waals surface area contributed by atoms with Gasteiger partial charge in [0.2, 0.25) is 0 Å². The predicted octanol–water partition coefficient (Wildman–Crippen LogP) is 5.18. The van der Waals surface area contributed by atoms with Gasteiger partial charge in [0.25, 0.3) is 0 Å². The van der Waals surface area contributed by atoms with Crippen LogP contribution in [-0.2, 0) is 19.6 Å². The number of rotatable bonds is 5. The molecule has 0 saturated carbocycles. The van der Waals surface area contributed by atoms with Gasteiger partial charge in [-0.1, -0.05) is 48.0 Å². The van der Waals surface area contributed by atoms with Crippen LogP contribution in [0.25, 0.3) is 0 Å². The molecule has 3 nitrogen and oxygen atoms in total. The van der Waals surface area contributed by atoms with Gasteiger partial charge in [0, 0.05) is 25.1 Å². The molecule has 1 aliphatic rings. The van der Waals surface area contributed by atoms with Gasteiger partial charge in [-0.25, -0.2) is 0 Å². The number of alkyl halides is 1. The van der Waals surface area contributed by atoms with Crippen molar-refractivity contribution < 1.29 is 14.3 Å². The molecule has 1 heterocycles. The zero-order chi connectivity index (χ0) is 17.0. The van der Waals surface area contributed by atoms with Gasteiger partial charge >= 0.3 is 5.97 Å². The molecule has 5 heteroatoms. The van der Waals surface area contributed by atoms with Gasteiger partial charge in [-0.15, -0.1) is 11.8 Å². The monoisotopic (exact) mass is 400 g/mol. The molecule has 2 rings (SSSR count). The summed E-state index contributed by atoms with van der Waals surface area (Å²) in [5.74, 6) is 0.281. The smallest absolute Gasteiger partial charge is 0.302 e. The summed E-state index contributed by atoms with van der Waals surface area (Å²) in [6.45, 7) is 5.89. The van der Waals surface area contributed by atoms with Crippen molar-refractivity contribution in [2.24, 2.45) is 0 Å². The number of ether oxygens (including phenoxy) is 2. The van der Waals surface area contributed by atoms with E-state index in [4.69, 9.17) is 9.47 Å². The summed E-state index contributed by atoms with van der Waals surface area (Å²) in [6, 6.07) is 6.57. The van der Waals surface area contributed by atoms with Crippen molar-refractivity contribution in [2.45, 2.75) is 62.5 Å². The normalized spacial score (nSPS) is 24.7. The molecular weight excluding hydrogens is 376 g/mol. The molecule has 0 radical (unpaired) electrons. The highest BCUT2D eigenvalue weighted by molar-refractivity contribution is 9.08. The van der Waals surface area contributed by atoms with E-state index < -0.39 is 0 Å². The number of carbonyl (C=O) groups is 1. The zero-order valence-electron chi connectivity index (χ0n) is 14.2. The standard InChI is InChI=1S/C18H25BrO3S/c1-11(2)16-6-5-13(7-14(16)10-19)17-8-15(21-12(3)20)9-18(22-17)23-4/h5-7,11,15,17-18H,8-10H2,1-4H3/t15-,17-,18-/m1/s1. The Kier molecular flexibility index (Phi) is 6.99. The Hall–Kier alpha value is -0.520. The fraction of sp³-hybridized carbons (Fsp3) is 0.611. The van der Waals surface area contributed by atoms with Gasteiger partial charge in [0.05, 0.1) is 6.10 Å². The molecule has 1 aliphatic heterocycles. The summed E-state index contributed by atoms with van der Waals surface area (Å²) in [6.07, 6.45) is 3.42. The van der Waals surface area contributed by atoms with Crippen LogP contribution in [0.2, 0.25) is 0 Å². The second kappa shape index (κ2) is 8.54. The zero-order valence-corrected chi connectivity index (χ0v) is 16.6. The third-order valence-electron chi connectivity index (χ3n) is 4.15. The maximum absolute atomic E-state index is 11.3. The van der Waals surface area contributed by atoms with Gasteiger partial charge in [0.15, 0.2) is 0 Å². The molecule has 1 saturated heterocycles. The van der Waals surface area contributed by atoms with Crippen LogP contribution in [0.3, 0.4) is 0 Å². The lowest BCUT2D eigenvalue weighted by Gasteiger charge is -2.34. The Morgan fingerprint density at radius 2 is 2.17 bits per heavy atom. The van der Waals surface area contributed by atoms with Crippen LogP contribution in [0, 0.1) is 0 Å². The fourth-order valence-corrected chi connectivity index (χ4v) is 4.18. The molecule has 0 aromatic heterocycles. The second-order valence-electron chi connectivity index (χ2n) is 6.24. The molecule has 0 spiro atoms. The highest BCUT2D eigenvalue weighted by Gasteiger charge is 2.32. The van der Waals surface area contributed by atoms with Crippen LogP contribution in [0.15, 0.2) is 18.2 Å². The van der Waals surface area contributed by atoms with Crippen molar-refractivity contribution >= 4 is 33.7 Å². The summed E-state index contributed by atoms with van der Waals surface area (Å²) in [7, 11) is 0. The van der Waals surface area contributed by atoms with Crippen molar-refractivity contribution in [1.29, 1.82) is 0 Å². The van der Waals surface area contributed by atoms with E-state index in [0.29, 0.717) is 5.92 Å². The number of carbonyl (C=O) groups excluding carboxylic acids is 1. The summed E-state index contributed by atoms with van der Waals surface area (Å²) in [4.78, 5) is 11.3. The quantitative estimate of drug-likeness (QED) is 0.503. The van der Waals surface area contributed by atoms with Crippen molar-refractivity contribution in [3.05, 3.63) is 34.9 Å². The number of esters is 1. The molecule has 1 aromatic rings. The molecule has 23 heavy (non-hydrogen) atoms. The van der Waals surface area contributed by atoms with Crippen LogP contribution < -0.4 is 0 Å². The van der Waals surface area contributed by atoms with Crippen LogP contribution in [0.5, 0.6) is 0 Å². The molecule has 0 bridgehead atoms. The largest absolute Gasteiger partial charge is 0.462 e. The molecule has 0 unspecified atom stereocenters. The molecule has 3 atom stereocenters. The van der Waals surface area contributed by atoms with Crippen LogP contribution in [0.4, 0.5) is 0 Å². The molecule has 0 aliphatic carbocycles. The van der Waals surface area contributed by atoms with Crippen LogP contribution in [-0.4, -0.2) is 23.8 Å². The number of halogens is 1. The second-order valence-corrected chi connectivity index (χ2v) is 7.80. The van der Waals surface area contributed by atoms with Gasteiger partial charge in [0.1, 0.15) is 11.5 Å². The first-order valence-corrected chi connectivity index (χ1v) is 10.4. The Morgan fingerprint density at radius 1 is 1.43 bits per heavy atom. The minimum atomic E-state index is -0.216. The van der Waals surface area contributed by atoms with E-state index in [-0.39, 0.29) is 23.6 Å². The van der Waals surface area contributed by atoms with Gasteiger partial charge in [-0.3, -0.25) is 4.79 Å². The summed E-state index contributed by atoms with van der Waals surface area (Å²) < 4.78 is 11.6. The van der Waals surface area contributed by atoms with Crippen molar-refractivity contribution in [3.63, 3.8) is 0 Å². The molecule has 0 amide bonds. The Balaban J connectivity index is 2.23. The van der Waals surface area contributed by atoms with Crippen LogP contribution in [0.1, 0.15) is 62.3 Å². The Bertz CT molecular complexity index is 547. The van der Waals surface area contributed by atoms with E-state index in [9.17, 15) is 4.79 Å². The Labute approximate surface area is 151 Å². The van der Waals surface area contributed by atoms with E-state index >= 15 is 0 Å². The summed E-state index contributed by atoms with van der Waals surface area (Å²) in [5, 5.41) is 0.834. The van der Waals surface area contributed by atoms with Crippen LogP contribution >= 0.6 is 27.7 Å². The first-order chi connectivity index (χ1) is 10.9. The minimum Gasteiger partial charge on any atom is -0.462 e. The number of hydrogen-bond donors (Lipinski definition) is 0. The molecule has 1 aromatic carbocycles. The minimum absolute atomic E-state index is 0.0236. The highest BCUT2D eigenvalue weighted by Crippen LogP contribution is 2.37. The topological polar surface area (TPSA) is 35.5 Å². The average molecular weight is 401 g/mol. The SMILES string of the molecule is CS[C@@H]1C[C@H](OC(C)=O)C[C@H](c2ccc(C(C)C)c(CBr)c2)O1. The number of thioether (sulfide) groups is 1. The van der Waals surface area contributed by atoms with Crippen molar-refractivity contribution in [3.8, 4) is 0 Å². The lowest BCUT2D eigenvalue weighted by Crippen LogP contribution is -2.32. The number of hydrogen-bond acceptors (Lipinski definition) is 4. The maximum Gasteiger partial charge on any atom is 0.302 e.